The van der Waals surface area contributed by atoms with E-state index in [4.69, 9.17) is 0 Å². The van der Waals surface area contributed by atoms with E-state index in [1.165, 1.54) is 16.7 Å². The predicted octanol–water partition coefficient (Wildman–Crippen LogP) is 3.69. The Morgan fingerprint density at radius 3 is 2.29 bits per heavy atom. The summed E-state index contributed by atoms with van der Waals surface area (Å²) in [6, 6.07) is 14.1. The molecule has 1 N–H and O–H groups in total. The van der Waals surface area contributed by atoms with Crippen LogP contribution in [0.1, 0.15) is 16.7 Å². The van der Waals surface area contributed by atoms with Gasteiger partial charge in [-0.15, -0.1) is 0 Å². The number of aryl methyl sites for hydroxylation is 3. The number of hydrogen-bond acceptors (Lipinski definition) is 2. The number of likely N-dealkylation sites (N-methyl/N-ethyl adjacent to an activating group) is 1. The Labute approximate surface area is 126 Å². The van der Waals surface area contributed by atoms with Crippen molar-refractivity contribution in [2.24, 2.45) is 0 Å². The average molecular weight is 282 g/mol. The van der Waals surface area contributed by atoms with Gasteiger partial charge in [-0.1, -0.05) is 29.8 Å². The highest BCUT2D eigenvalue weighted by Gasteiger charge is 2.10. The first kappa shape index (κ1) is 15.1. The van der Waals surface area contributed by atoms with Crippen molar-refractivity contribution in [3.05, 3.63) is 59.2 Å². The number of carbonyl (C=O) groups is 1. The topological polar surface area (TPSA) is 32.3 Å². The lowest BCUT2D eigenvalue weighted by atomic mass is 10.1. The molecule has 1 amide bonds. The fraction of sp³-hybridized carbons (Fsp3) is 0.278. The molecule has 0 aliphatic rings. The summed E-state index contributed by atoms with van der Waals surface area (Å²) in [4.78, 5) is 14.1. The van der Waals surface area contributed by atoms with Crippen LogP contribution in [0.25, 0.3) is 0 Å². The minimum atomic E-state index is -0.0118. The van der Waals surface area contributed by atoms with Gasteiger partial charge in [0.25, 0.3) is 0 Å². The van der Waals surface area contributed by atoms with Gasteiger partial charge in [0.1, 0.15) is 0 Å². The van der Waals surface area contributed by atoms with E-state index in [1.54, 1.807) is 0 Å². The Morgan fingerprint density at radius 2 is 1.62 bits per heavy atom. The molecule has 0 bridgehead atoms. The summed E-state index contributed by atoms with van der Waals surface area (Å²) in [5.41, 5.74) is 5.47. The number of rotatable bonds is 4. The van der Waals surface area contributed by atoms with Gasteiger partial charge >= 0.3 is 0 Å². The molecule has 0 unspecified atom stereocenters. The molecule has 2 aromatic carbocycles. The van der Waals surface area contributed by atoms with Crippen molar-refractivity contribution in [1.82, 2.24) is 0 Å². The molecule has 0 saturated heterocycles. The first-order chi connectivity index (χ1) is 9.95. The molecule has 110 valence electrons. The van der Waals surface area contributed by atoms with Crippen molar-refractivity contribution in [3.8, 4) is 0 Å². The third-order valence-corrected chi connectivity index (χ3v) is 3.49. The van der Waals surface area contributed by atoms with Crippen LogP contribution in [-0.4, -0.2) is 19.5 Å². The van der Waals surface area contributed by atoms with E-state index in [2.05, 4.69) is 37.4 Å². The summed E-state index contributed by atoms with van der Waals surface area (Å²) in [5, 5.41) is 2.92. The largest absolute Gasteiger partial charge is 0.365 e. The zero-order chi connectivity index (χ0) is 15.4. The summed E-state index contributed by atoms with van der Waals surface area (Å²) in [6.45, 7) is 6.48. The third-order valence-electron chi connectivity index (χ3n) is 3.49. The number of amides is 1. The quantitative estimate of drug-likeness (QED) is 0.927. The molecular formula is C18H22N2O. The minimum Gasteiger partial charge on any atom is -0.365 e. The maximum Gasteiger partial charge on any atom is 0.243 e. The van der Waals surface area contributed by atoms with Gasteiger partial charge in [0, 0.05) is 18.4 Å². The van der Waals surface area contributed by atoms with Crippen molar-refractivity contribution >= 4 is 17.3 Å². The van der Waals surface area contributed by atoms with E-state index in [1.807, 2.05) is 43.1 Å². The Kier molecular flexibility index (Phi) is 4.63. The van der Waals surface area contributed by atoms with Crippen LogP contribution in [0.3, 0.4) is 0 Å². The fourth-order valence-electron chi connectivity index (χ4n) is 2.27. The average Bonchev–Trinajstić information content (AvgIpc) is 2.44. The smallest absolute Gasteiger partial charge is 0.243 e. The second-order valence-corrected chi connectivity index (χ2v) is 5.56. The lowest BCUT2D eigenvalue weighted by molar-refractivity contribution is -0.114. The lowest BCUT2D eigenvalue weighted by Crippen LogP contribution is -2.30. The minimum absolute atomic E-state index is 0.0118. The first-order valence-electron chi connectivity index (χ1n) is 7.10. The van der Waals surface area contributed by atoms with Gasteiger partial charge in [0.2, 0.25) is 5.91 Å². The molecule has 21 heavy (non-hydrogen) atoms. The monoisotopic (exact) mass is 282 g/mol. The Bertz CT molecular complexity index is 632. The normalized spacial score (nSPS) is 10.3. The van der Waals surface area contributed by atoms with E-state index < -0.39 is 0 Å². The molecule has 0 atom stereocenters. The van der Waals surface area contributed by atoms with Crippen molar-refractivity contribution in [3.63, 3.8) is 0 Å². The molecule has 0 heterocycles. The fourth-order valence-corrected chi connectivity index (χ4v) is 2.27. The molecule has 3 nitrogen and oxygen atoms in total. The molecule has 0 spiro atoms. The SMILES string of the molecule is Cc1ccc(NC(=O)CN(C)c2cc(C)ccc2C)cc1. The van der Waals surface area contributed by atoms with Gasteiger partial charge in [-0.3, -0.25) is 4.79 Å². The summed E-state index contributed by atoms with van der Waals surface area (Å²) in [7, 11) is 1.94. The molecule has 2 rings (SSSR count). The molecular weight excluding hydrogens is 260 g/mol. The number of carbonyl (C=O) groups excluding carboxylic acids is 1. The first-order valence-corrected chi connectivity index (χ1v) is 7.10. The van der Waals surface area contributed by atoms with Gasteiger partial charge in [-0.05, 0) is 50.1 Å². The highest BCUT2D eigenvalue weighted by molar-refractivity contribution is 5.94. The molecule has 0 saturated carbocycles. The highest BCUT2D eigenvalue weighted by atomic mass is 16.2. The Morgan fingerprint density at radius 1 is 1.00 bits per heavy atom. The van der Waals surface area contributed by atoms with Crippen LogP contribution in [-0.2, 0) is 4.79 Å². The van der Waals surface area contributed by atoms with Crippen molar-refractivity contribution in [2.75, 3.05) is 23.8 Å². The van der Waals surface area contributed by atoms with Crippen molar-refractivity contribution < 1.29 is 4.79 Å². The lowest BCUT2D eigenvalue weighted by Gasteiger charge is -2.21. The molecule has 0 aliphatic heterocycles. The molecule has 0 aromatic heterocycles. The molecule has 3 heteroatoms. The predicted molar refractivity (Wildman–Crippen MR) is 89.0 cm³/mol. The maximum absolute atomic E-state index is 12.1. The van der Waals surface area contributed by atoms with Crippen LogP contribution >= 0.6 is 0 Å². The van der Waals surface area contributed by atoms with E-state index in [9.17, 15) is 4.79 Å². The number of nitrogens with zero attached hydrogens (tertiary/aromatic N) is 1. The number of anilines is 2. The van der Waals surface area contributed by atoms with Gasteiger partial charge in [-0.2, -0.15) is 0 Å². The van der Waals surface area contributed by atoms with E-state index >= 15 is 0 Å². The van der Waals surface area contributed by atoms with Crippen LogP contribution < -0.4 is 10.2 Å². The summed E-state index contributed by atoms with van der Waals surface area (Å²) < 4.78 is 0. The van der Waals surface area contributed by atoms with Crippen LogP contribution in [0, 0.1) is 20.8 Å². The molecule has 0 fully saturated rings. The van der Waals surface area contributed by atoms with E-state index in [0.29, 0.717) is 6.54 Å². The summed E-state index contributed by atoms with van der Waals surface area (Å²) >= 11 is 0. The number of hydrogen-bond donors (Lipinski definition) is 1. The van der Waals surface area contributed by atoms with E-state index in [0.717, 1.165) is 11.4 Å². The van der Waals surface area contributed by atoms with Crippen molar-refractivity contribution in [2.45, 2.75) is 20.8 Å². The summed E-state index contributed by atoms with van der Waals surface area (Å²) in [6.07, 6.45) is 0. The number of nitrogens with one attached hydrogen (secondary N) is 1. The summed E-state index contributed by atoms with van der Waals surface area (Å²) in [5.74, 6) is -0.0118. The molecule has 2 aromatic rings. The Balaban J connectivity index is 2.01. The molecule has 0 aliphatic carbocycles. The van der Waals surface area contributed by atoms with Gasteiger partial charge < -0.3 is 10.2 Å². The second-order valence-electron chi connectivity index (χ2n) is 5.56. The van der Waals surface area contributed by atoms with Gasteiger partial charge in [0.05, 0.1) is 6.54 Å². The number of benzene rings is 2. The van der Waals surface area contributed by atoms with E-state index in [-0.39, 0.29) is 5.91 Å². The van der Waals surface area contributed by atoms with Crippen LogP contribution in [0.15, 0.2) is 42.5 Å². The Hall–Kier alpha value is -2.29. The van der Waals surface area contributed by atoms with Gasteiger partial charge in [0.15, 0.2) is 0 Å². The van der Waals surface area contributed by atoms with Crippen LogP contribution in [0.4, 0.5) is 11.4 Å². The van der Waals surface area contributed by atoms with Gasteiger partial charge in [-0.25, -0.2) is 0 Å². The zero-order valence-corrected chi connectivity index (χ0v) is 13.1. The third kappa shape index (κ3) is 4.09. The van der Waals surface area contributed by atoms with Crippen molar-refractivity contribution in [1.29, 1.82) is 0 Å². The van der Waals surface area contributed by atoms with Crippen LogP contribution in [0.5, 0.6) is 0 Å². The second kappa shape index (κ2) is 6.44. The maximum atomic E-state index is 12.1. The van der Waals surface area contributed by atoms with Crippen LogP contribution in [0.2, 0.25) is 0 Å². The standard InChI is InChI=1S/C18H22N2O/c1-13-6-9-16(10-7-13)19-18(21)12-20(4)17-11-14(2)5-8-15(17)3/h5-11H,12H2,1-4H3,(H,19,21). The zero-order valence-electron chi connectivity index (χ0n) is 13.1. The highest BCUT2D eigenvalue weighted by Crippen LogP contribution is 2.20. The molecule has 0 radical (unpaired) electrons.